The van der Waals surface area contributed by atoms with E-state index in [1.54, 1.807) is 0 Å². The molecule has 3 aromatic rings. The number of fused-ring (bicyclic) bond motifs is 1. The Morgan fingerprint density at radius 1 is 1.16 bits per heavy atom. The Morgan fingerprint density at radius 2 is 1.90 bits per heavy atom. The Labute approximate surface area is 185 Å². The molecule has 0 radical (unpaired) electrons. The molecule has 0 saturated carbocycles. The van der Waals surface area contributed by atoms with Crippen LogP contribution in [-0.2, 0) is 9.84 Å². The number of aromatic amines is 1. The molecular formula is C22H26N4O3S2. The summed E-state index contributed by atoms with van der Waals surface area (Å²) in [6.07, 6.45) is 0.742. The molecular weight excluding hydrogens is 432 g/mol. The van der Waals surface area contributed by atoms with Crippen LogP contribution >= 0.6 is 11.3 Å². The van der Waals surface area contributed by atoms with Crippen LogP contribution in [0.3, 0.4) is 0 Å². The second-order valence-corrected chi connectivity index (χ2v) is 11.5. The number of rotatable bonds is 4. The summed E-state index contributed by atoms with van der Waals surface area (Å²) in [5.74, 6) is 1.29. The van der Waals surface area contributed by atoms with E-state index in [0.717, 1.165) is 48.6 Å². The molecule has 1 aromatic carbocycles. The number of H-pyrrole nitrogens is 1. The van der Waals surface area contributed by atoms with Crippen LogP contribution in [0, 0.1) is 0 Å². The van der Waals surface area contributed by atoms with Gasteiger partial charge in [-0.1, -0.05) is 30.3 Å². The van der Waals surface area contributed by atoms with Crippen LogP contribution in [0.5, 0.6) is 0 Å². The van der Waals surface area contributed by atoms with Crippen molar-refractivity contribution in [2.45, 2.75) is 25.4 Å². The molecule has 7 nitrogen and oxygen atoms in total. The van der Waals surface area contributed by atoms with E-state index in [4.69, 9.17) is 4.98 Å². The lowest BCUT2D eigenvalue weighted by Gasteiger charge is -2.39. The average Bonchev–Trinajstić information content (AvgIpc) is 3.37. The normalized spacial score (nSPS) is 23.3. The monoisotopic (exact) mass is 458 g/mol. The van der Waals surface area contributed by atoms with Gasteiger partial charge in [-0.3, -0.25) is 14.6 Å². The highest BCUT2D eigenvalue weighted by atomic mass is 32.2. The summed E-state index contributed by atoms with van der Waals surface area (Å²) in [6.45, 7) is 5.42. The SMILES string of the molecule is C[C@@H](c1nc2scc(-c3ccccc3)c2c(=O)[nH]1)N1CCN([C@H]2CCS(=O)(=O)C2)CC1. The van der Waals surface area contributed by atoms with Crippen LogP contribution in [0.15, 0.2) is 40.5 Å². The molecule has 0 unspecified atom stereocenters. The second-order valence-electron chi connectivity index (χ2n) is 8.45. The molecule has 9 heteroatoms. The second kappa shape index (κ2) is 8.12. The van der Waals surface area contributed by atoms with Crippen molar-refractivity contribution in [2.24, 2.45) is 0 Å². The van der Waals surface area contributed by atoms with Crippen molar-refractivity contribution in [3.05, 3.63) is 51.9 Å². The van der Waals surface area contributed by atoms with E-state index < -0.39 is 9.84 Å². The molecule has 1 N–H and O–H groups in total. The minimum atomic E-state index is -2.87. The number of piperazine rings is 1. The van der Waals surface area contributed by atoms with E-state index in [1.165, 1.54) is 11.3 Å². The van der Waals surface area contributed by atoms with Gasteiger partial charge in [0.05, 0.1) is 22.9 Å². The Kier molecular flexibility index (Phi) is 5.45. The van der Waals surface area contributed by atoms with E-state index in [2.05, 4.69) is 21.7 Å². The quantitative estimate of drug-likeness (QED) is 0.647. The third kappa shape index (κ3) is 4.07. The van der Waals surface area contributed by atoms with Crippen LogP contribution in [0.4, 0.5) is 0 Å². The van der Waals surface area contributed by atoms with Crippen molar-refractivity contribution in [1.29, 1.82) is 0 Å². The van der Waals surface area contributed by atoms with Gasteiger partial charge in [-0.05, 0) is 18.9 Å². The summed E-state index contributed by atoms with van der Waals surface area (Å²) in [4.78, 5) is 26.2. The maximum absolute atomic E-state index is 13.0. The molecule has 0 bridgehead atoms. The summed E-state index contributed by atoms with van der Waals surface area (Å²) in [7, 11) is -2.87. The minimum absolute atomic E-state index is 0.00571. The maximum atomic E-state index is 13.0. The first-order valence-corrected chi connectivity index (χ1v) is 13.4. The molecule has 0 aliphatic carbocycles. The van der Waals surface area contributed by atoms with Crippen molar-refractivity contribution in [3.8, 4) is 11.1 Å². The van der Waals surface area contributed by atoms with Gasteiger partial charge < -0.3 is 4.98 Å². The summed E-state index contributed by atoms with van der Waals surface area (Å²) < 4.78 is 23.6. The van der Waals surface area contributed by atoms with Crippen LogP contribution in [0.2, 0.25) is 0 Å². The van der Waals surface area contributed by atoms with E-state index in [0.29, 0.717) is 17.0 Å². The molecule has 164 valence electrons. The third-order valence-electron chi connectivity index (χ3n) is 6.56. The maximum Gasteiger partial charge on any atom is 0.260 e. The van der Waals surface area contributed by atoms with Gasteiger partial charge in [0.1, 0.15) is 10.7 Å². The number of hydrogen-bond acceptors (Lipinski definition) is 7. The number of benzene rings is 1. The smallest absolute Gasteiger partial charge is 0.260 e. The van der Waals surface area contributed by atoms with Crippen LogP contribution in [0.1, 0.15) is 25.2 Å². The molecule has 2 atom stereocenters. The molecule has 0 amide bonds. The van der Waals surface area contributed by atoms with Crippen molar-refractivity contribution >= 4 is 31.4 Å². The lowest BCUT2D eigenvalue weighted by molar-refractivity contribution is 0.0778. The summed E-state index contributed by atoms with van der Waals surface area (Å²) in [5, 5.41) is 2.66. The summed E-state index contributed by atoms with van der Waals surface area (Å²) in [5.41, 5.74) is 1.85. The van der Waals surface area contributed by atoms with E-state index in [-0.39, 0.29) is 23.4 Å². The van der Waals surface area contributed by atoms with Crippen LogP contribution in [-0.4, -0.2) is 71.9 Å². The van der Waals surface area contributed by atoms with Crippen LogP contribution in [0.25, 0.3) is 21.3 Å². The number of nitrogens with one attached hydrogen (secondary N) is 1. The van der Waals surface area contributed by atoms with Gasteiger partial charge in [0, 0.05) is 43.2 Å². The van der Waals surface area contributed by atoms with Gasteiger partial charge in [0.2, 0.25) is 0 Å². The fourth-order valence-corrected chi connectivity index (χ4v) is 7.44. The summed E-state index contributed by atoms with van der Waals surface area (Å²) in [6, 6.07) is 10.1. The molecule has 5 rings (SSSR count). The predicted octanol–water partition coefficient (Wildman–Crippen LogP) is 2.52. The zero-order valence-electron chi connectivity index (χ0n) is 17.5. The average molecular weight is 459 g/mol. The number of nitrogens with zero attached hydrogens (tertiary/aromatic N) is 3. The highest BCUT2D eigenvalue weighted by Gasteiger charge is 2.34. The van der Waals surface area contributed by atoms with Gasteiger partial charge in [0.25, 0.3) is 5.56 Å². The van der Waals surface area contributed by atoms with Crippen molar-refractivity contribution in [1.82, 2.24) is 19.8 Å². The number of sulfone groups is 1. The number of thiophene rings is 1. The van der Waals surface area contributed by atoms with Gasteiger partial charge in [0.15, 0.2) is 9.84 Å². The lowest BCUT2D eigenvalue weighted by Crippen LogP contribution is -2.51. The van der Waals surface area contributed by atoms with Crippen molar-refractivity contribution in [2.75, 3.05) is 37.7 Å². The molecule has 0 spiro atoms. The lowest BCUT2D eigenvalue weighted by atomic mass is 10.1. The molecule has 2 saturated heterocycles. The summed E-state index contributed by atoms with van der Waals surface area (Å²) >= 11 is 1.50. The van der Waals surface area contributed by atoms with E-state index in [9.17, 15) is 13.2 Å². The van der Waals surface area contributed by atoms with Gasteiger partial charge in [-0.25, -0.2) is 13.4 Å². The van der Waals surface area contributed by atoms with Crippen LogP contribution < -0.4 is 5.56 Å². The molecule has 2 aliphatic heterocycles. The predicted molar refractivity (Wildman–Crippen MR) is 124 cm³/mol. The van der Waals surface area contributed by atoms with Gasteiger partial charge in [-0.15, -0.1) is 11.3 Å². The highest BCUT2D eigenvalue weighted by Crippen LogP contribution is 2.31. The molecule has 2 aliphatic rings. The zero-order valence-corrected chi connectivity index (χ0v) is 19.1. The first kappa shape index (κ1) is 20.8. The minimum Gasteiger partial charge on any atom is -0.309 e. The van der Waals surface area contributed by atoms with Crippen molar-refractivity contribution in [3.63, 3.8) is 0 Å². The Morgan fingerprint density at radius 3 is 2.58 bits per heavy atom. The largest absolute Gasteiger partial charge is 0.309 e. The topological polar surface area (TPSA) is 86.4 Å². The van der Waals surface area contributed by atoms with Crippen molar-refractivity contribution < 1.29 is 8.42 Å². The first-order valence-electron chi connectivity index (χ1n) is 10.7. The standard InChI is InChI=1S/C22H26N4O3S2/c1-15(25-8-10-26(11-9-25)17-7-12-31(28,29)14-17)20-23-21(27)19-18(13-30-22(19)24-20)16-5-3-2-4-6-16/h2-6,13,15,17H,7-12,14H2,1H3,(H,23,24,27)/t15-,17-/m0/s1. The molecule has 31 heavy (non-hydrogen) atoms. The first-order chi connectivity index (χ1) is 14.9. The Balaban J connectivity index is 1.33. The Bertz CT molecular complexity index is 1240. The zero-order chi connectivity index (χ0) is 21.6. The molecule has 2 aromatic heterocycles. The number of aromatic nitrogens is 2. The number of hydrogen-bond donors (Lipinski definition) is 1. The highest BCUT2D eigenvalue weighted by molar-refractivity contribution is 7.91. The van der Waals surface area contributed by atoms with E-state index in [1.807, 2.05) is 35.7 Å². The van der Waals surface area contributed by atoms with Gasteiger partial charge >= 0.3 is 0 Å². The Hall–Kier alpha value is -2.07. The van der Waals surface area contributed by atoms with E-state index >= 15 is 0 Å². The van der Waals surface area contributed by atoms with Gasteiger partial charge in [-0.2, -0.15) is 0 Å². The third-order valence-corrected chi connectivity index (χ3v) is 9.19. The fourth-order valence-electron chi connectivity index (χ4n) is 4.72. The fraction of sp³-hybridized carbons (Fsp3) is 0.455. The molecule has 2 fully saturated rings. The molecule has 4 heterocycles.